The molecule has 0 amide bonds. The molecule has 0 saturated heterocycles. The largest absolute Gasteiger partial charge is 0.389 e. The Morgan fingerprint density at radius 1 is 1.35 bits per heavy atom. The number of benzene rings is 1. The Morgan fingerprint density at radius 2 is 2.06 bits per heavy atom. The second-order valence-electron chi connectivity index (χ2n) is 5.11. The number of hydrogen-bond acceptors (Lipinski definition) is 2. The van der Waals surface area contributed by atoms with Crippen molar-refractivity contribution in [2.45, 2.75) is 44.8 Å². The van der Waals surface area contributed by atoms with E-state index in [4.69, 9.17) is 0 Å². The summed E-state index contributed by atoms with van der Waals surface area (Å²) in [7, 11) is 0. The lowest BCUT2D eigenvalue weighted by molar-refractivity contribution is 0.0474. The van der Waals surface area contributed by atoms with Gasteiger partial charge in [-0.1, -0.05) is 18.9 Å². The van der Waals surface area contributed by atoms with Crippen LogP contribution in [0.4, 0.5) is 4.39 Å². The van der Waals surface area contributed by atoms with Crippen LogP contribution in [0.5, 0.6) is 0 Å². The molecular weight excluding hydrogens is 217 g/mol. The van der Waals surface area contributed by atoms with Gasteiger partial charge in [-0.25, -0.2) is 4.39 Å². The van der Waals surface area contributed by atoms with Crippen molar-refractivity contribution in [1.82, 2.24) is 5.32 Å². The van der Waals surface area contributed by atoms with E-state index in [-0.39, 0.29) is 5.82 Å². The summed E-state index contributed by atoms with van der Waals surface area (Å²) < 4.78 is 12.9. The zero-order chi connectivity index (χ0) is 12.3. The highest BCUT2D eigenvalue weighted by molar-refractivity contribution is 5.26. The third kappa shape index (κ3) is 3.27. The fourth-order valence-electron chi connectivity index (χ4n) is 2.50. The summed E-state index contributed by atoms with van der Waals surface area (Å²) >= 11 is 0. The highest BCUT2D eigenvalue weighted by Gasteiger charge is 2.30. The van der Waals surface area contributed by atoms with Crippen molar-refractivity contribution >= 4 is 0 Å². The number of aliphatic hydroxyl groups is 1. The van der Waals surface area contributed by atoms with Crippen molar-refractivity contribution in [2.24, 2.45) is 0 Å². The molecule has 1 aromatic carbocycles. The van der Waals surface area contributed by atoms with E-state index in [0.717, 1.165) is 36.8 Å². The van der Waals surface area contributed by atoms with Gasteiger partial charge in [-0.3, -0.25) is 0 Å². The zero-order valence-corrected chi connectivity index (χ0v) is 10.3. The molecule has 94 valence electrons. The van der Waals surface area contributed by atoms with E-state index in [2.05, 4.69) is 5.32 Å². The molecule has 17 heavy (non-hydrogen) atoms. The summed E-state index contributed by atoms with van der Waals surface area (Å²) in [6.07, 6.45) is 4.02. The van der Waals surface area contributed by atoms with Crippen LogP contribution in [0.3, 0.4) is 0 Å². The van der Waals surface area contributed by atoms with Gasteiger partial charge in [-0.2, -0.15) is 0 Å². The zero-order valence-electron chi connectivity index (χ0n) is 10.3. The minimum atomic E-state index is -0.520. The maximum atomic E-state index is 12.9. The fourth-order valence-corrected chi connectivity index (χ4v) is 2.50. The molecule has 1 aromatic rings. The van der Waals surface area contributed by atoms with Crippen molar-refractivity contribution in [3.63, 3.8) is 0 Å². The number of hydrogen-bond donors (Lipinski definition) is 2. The van der Waals surface area contributed by atoms with Gasteiger partial charge in [0.2, 0.25) is 0 Å². The number of aryl methyl sites for hydroxylation is 1. The van der Waals surface area contributed by atoms with Crippen LogP contribution in [-0.4, -0.2) is 17.3 Å². The summed E-state index contributed by atoms with van der Waals surface area (Å²) in [6.45, 7) is 3.22. The van der Waals surface area contributed by atoms with Crippen molar-refractivity contribution in [3.05, 3.63) is 35.1 Å². The Hall–Kier alpha value is -0.930. The van der Waals surface area contributed by atoms with Crippen LogP contribution in [0.2, 0.25) is 0 Å². The number of halogens is 1. The van der Waals surface area contributed by atoms with Gasteiger partial charge < -0.3 is 10.4 Å². The fraction of sp³-hybridized carbons (Fsp3) is 0.571. The van der Waals surface area contributed by atoms with Crippen LogP contribution < -0.4 is 5.32 Å². The van der Waals surface area contributed by atoms with Crippen LogP contribution in [0.15, 0.2) is 18.2 Å². The SMILES string of the molecule is Cc1cc(F)ccc1CNCC1(O)CCCC1. The maximum Gasteiger partial charge on any atom is 0.123 e. The monoisotopic (exact) mass is 237 g/mol. The molecule has 1 saturated carbocycles. The molecule has 2 nitrogen and oxygen atoms in total. The summed E-state index contributed by atoms with van der Waals surface area (Å²) in [5, 5.41) is 13.4. The highest BCUT2D eigenvalue weighted by atomic mass is 19.1. The Morgan fingerprint density at radius 3 is 2.71 bits per heavy atom. The topological polar surface area (TPSA) is 32.3 Å². The van der Waals surface area contributed by atoms with Gasteiger partial charge in [0.15, 0.2) is 0 Å². The lowest BCUT2D eigenvalue weighted by Crippen LogP contribution is -2.37. The smallest absolute Gasteiger partial charge is 0.123 e. The van der Waals surface area contributed by atoms with E-state index in [1.54, 1.807) is 12.1 Å². The van der Waals surface area contributed by atoms with Gasteiger partial charge in [0.05, 0.1) is 5.60 Å². The molecule has 0 spiro atoms. The van der Waals surface area contributed by atoms with E-state index in [0.29, 0.717) is 13.1 Å². The number of nitrogens with one attached hydrogen (secondary N) is 1. The second-order valence-corrected chi connectivity index (χ2v) is 5.11. The average Bonchev–Trinajstić information content (AvgIpc) is 2.69. The van der Waals surface area contributed by atoms with Gasteiger partial charge in [-0.15, -0.1) is 0 Å². The lowest BCUT2D eigenvalue weighted by atomic mass is 10.0. The quantitative estimate of drug-likeness (QED) is 0.843. The van der Waals surface area contributed by atoms with E-state index >= 15 is 0 Å². The first-order valence-corrected chi connectivity index (χ1v) is 6.27. The Kier molecular flexibility index (Phi) is 3.79. The first-order valence-electron chi connectivity index (χ1n) is 6.27. The Balaban J connectivity index is 1.85. The molecule has 0 bridgehead atoms. The molecule has 2 rings (SSSR count). The van der Waals surface area contributed by atoms with Crippen LogP contribution in [-0.2, 0) is 6.54 Å². The molecule has 1 aliphatic rings. The van der Waals surface area contributed by atoms with E-state index in [1.807, 2.05) is 6.92 Å². The molecule has 0 aliphatic heterocycles. The van der Waals surface area contributed by atoms with E-state index < -0.39 is 5.60 Å². The van der Waals surface area contributed by atoms with Crippen LogP contribution >= 0.6 is 0 Å². The van der Waals surface area contributed by atoms with Crippen molar-refractivity contribution in [2.75, 3.05) is 6.54 Å². The van der Waals surface area contributed by atoms with E-state index in [1.165, 1.54) is 6.07 Å². The standard InChI is InChI=1S/C14H20FNO/c1-11-8-13(15)5-4-12(11)9-16-10-14(17)6-2-3-7-14/h4-5,8,16-17H,2-3,6-7,9-10H2,1H3. The minimum absolute atomic E-state index is 0.194. The van der Waals surface area contributed by atoms with Crippen molar-refractivity contribution in [1.29, 1.82) is 0 Å². The maximum absolute atomic E-state index is 12.9. The molecule has 3 heteroatoms. The Labute approximate surface area is 102 Å². The van der Waals surface area contributed by atoms with Gasteiger partial charge in [0.1, 0.15) is 5.82 Å². The van der Waals surface area contributed by atoms with Crippen molar-refractivity contribution < 1.29 is 9.50 Å². The second kappa shape index (κ2) is 5.15. The summed E-state index contributed by atoms with van der Waals surface area (Å²) in [5.41, 5.74) is 1.53. The number of rotatable bonds is 4. The van der Waals surface area contributed by atoms with Crippen LogP contribution in [0, 0.1) is 12.7 Å². The molecule has 0 unspecified atom stereocenters. The third-order valence-corrected chi connectivity index (χ3v) is 3.61. The third-order valence-electron chi connectivity index (χ3n) is 3.61. The van der Waals surface area contributed by atoms with Crippen LogP contribution in [0.1, 0.15) is 36.8 Å². The first kappa shape index (κ1) is 12.5. The normalized spacial score (nSPS) is 18.5. The van der Waals surface area contributed by atoms with Crippen molar-refractivity contribution in [3.8, 4) is 0 Å². The molecule has 0 aromatic heterocycles. The van der Waals surface area contributed by atoms with Gasteiger partial charge in [-0.05, 0) is 43.0 Å². The summed E-state index contributed by atoms with van der Waals surface area (Å²) in [5.74, 6) is -0.194. The molecule has 0 radical (unpaired) electrons. The molecular formula is C14H20FNO. The highest BCUT2D eigenvalue weighted by Crippen LogP contribution is 2.28. The summed E-state index contributed by atoms with van der Waals surface area (Å²) in [6, 6.07) is 4.83. The minimum Gasteiger partial charge on any atom is -0.389 e. The van der Waals surface area contributed by atoms with Crippen LogP contribution in [0.25, 0.3) is 0 Å². The molecule has 2 N–H and O–H groups in total. The summed E-state index contributed by atoms with van der Waals surface area (Å²) in [4.78, 5) is 0. The predicted molar refractivity (Wildman–Crippen MR) is 66.3 cm³/mol. The first-order chi connectivity index (χ1) is 8.09. The molecule has 1 aliphatic carbocycles. The van der Waals surface area contributed by atoms with Gasteiger partial charge in [0, 0.05) is 13.1 Å². The molecule has 0 atom stereocenters. The lowest BCUT2D eigenvalue weighted by Gasteiger charge is -2.22. The molecule has 1 fully saturated rings. The predicted octanol–water partition coefficient (Wildman–Crippen LogP) is 2.53. The van der Waals surface area contributed by atoms with Gasteiger partial charge in [0.25, 0.3) is 0 Å². The van der Waals surface area contributed by atoms with E-state index in [9.17, 15) is 9.50 Å². The van der Waals surface area contributed by atoms with Gasteiger partial charge >= 0.3 is 0 Å². The Bertz CT molecular complexity index is 386. The molecule has 0 heterocycles. The average molecular weight is 237 g/mol.